The fourth-order valence-corrected chi connectivity index (χ4v) is 1.56. The van der Waals surface area contributed by atoms with Gasteiger partial charge >= 0.3 is 0 Å². The van der Waals surface area contributed by atoms with Crippen molar-refractivity contribution in [3.8, 4) is 0 Å². The summed E-state index contributed by atoms with van der Waals surface area (Å²) >= 11 is 0. The molecule has 1 rings (SSSR count). The van der Waals surface area contributed by atoms with Crippen LogP contribution >= 0.6 is 0 Å². The lowest BCUT2D eigenvalue weighted by Crippen LogP contribution is -2.42. The van der Waals surface area contributed by atoms with Crippen LogP contribution < -0.4 is 5.32 Å². The smallest absolute Gasteiger partial charge is 0.244 e. The maximum absolute atomic E-state index is 11.6. The minimum Gasteiger partial charge on any atom is -0.393 e. The molecule has 1 amide bonds. The van der Waals surface area contributed by atoms with E-state index >= 15 is 0 Å². The largest absolute Gasteiger partial charge is 0.393 e. The number of aliphatic hydroxyl groups is 2. The average molecular weight is 277 g/mol. The zero-order valence-corrected chi connectivity index (χ0v) is 12.3. The van der Waals surface area contributed by atoms with Gasteiger partial charge in [0.15, 0.2) is 0 Å². The number of benzene rings is 1. The van der Waals surface area contributed by atoms with Crippen molar-refractivity contribution in [2.24, 2.45) is 0 Å². The lowest BCUT2D eigenvalue weighted by Gasteiger charge is -2.19. The van der Waals surface area contributed by atoms with E-state index in [1.165, 1.54) is 18.6 Å². The molecule has 1 unspecified atom stereocenters. The van der Waals surface area contributed by atoms with Crippen LogP contribution in [-0.2, 0) is 4.79 Å². The monoisotopic (exact) mass is 277 g/mol. The van der Waals surface area contributed by atoms with Crippen molar-refractivity contribution >= 4 is 12.0 Å². The number of hydrogen-bond donors (Lipinski definition) is 3. The van der Waals surface area contributed by atoms with Crippen molar-refractivity contribution in [3.05, 3.63) is 41.5 Å². The zero-order chi connectivity index (χ0) is 15.2. The molecule has 4 nitrogen and oxygen atoms in total. The number of carbonyl (C=O) groups is 1. The van der Waals surface area contributed by atoms with Crippen molar-refractivity contribution in [1.29, 1.82) is 0 Å². The molecule has 0 saturated carbocycles. The molecule has 1 aromatic carbocycles. The van der Waals surface area contributed by atoms with Crippen molar-refractivity contribution in [3.63, 3.8) is 0 Å². The predicted octanol–water partition coefficient (Wildman–Crippen LogP) is 1.68. The standard InChI is InChI=1S/C16H23NO3/c1-12(2)14-7-4-13(5-8-14)6-9-15(19)17-10-16(3,20)11-18/h4-9,12,18,20H,10-11H2,1-3H3,(H,17,19). The average Bonchev–Trinajstić information content (AvgIpc) is 2.43. The molecule has 0 bridgehead atoms. The first-order valence-electron chi connectivity index (χ1n) is 6.73. The summed E-state index contributed by atoms with van der Waals surface area (Å²) in [6.45, 7) is 5.34. The summed E-state index contributed by atoms with van der Waals surface area (Å²) in [7, 11) is 0. The maximum atomic E-state index is 11.6. The van der Waals surface area contributed by atoms with Crippen LogP contribution in [0.1, 0.15) is 37.8 Å². The van der Waals surface area contributed by atoms with Crippen LogP contribution in [0.5, 0.6) is 0 Å². The molecule has 1 aromatic rings. The van der Waals surface area contributed by atoms with Gasteiger partial charge in [-0.1, -0.05) is 38.1 Å². The Bertz CT molecular complexity index is 461. The van der Waals surface area contributed by atoms with E-state index in [1.54, 1.807) is 6.08 Å². The lowest BCUT2D eigenvalue weighted by molar-refractivity contribution is -0.117. The first kappa shape index (κ1) is 16.4. The van der Waals surface area contributed by atoms with Crippen LogP contribution in [0.15, 0.2) is 30.3 Å². The molecule has 0 aliphatic heterocycles. The topological polar surface area (TPSA) is 69.6 Å². The minimum absolute atomic E-state index is 0.0129. The second-order valence-corrected chi connectivity index (χ2v) is 5.53. The van der Waals surface area contributed by atoms with Gasteiger partial charge in [-0.05, 0) is 30.0 Å². The highest BCUT2D eigenvalue weighted by molar-refractivity contribution is 5.91. The highest BCUT2D eigenvalue weighted by Gasteiger charge is 2.18. The summed E-state index contributed by atoms with van der Waals surface area (Å²) in [6, 6.07) is 8.00. The van der Waals surface area contributed by atoms with Gasteiger partial charge in [-0.2, -0.15) is 0 Å². The Kier molecular flexibility index (Phi) is 5.92. The van der Waals surface area contributed by atoms with Gasteiger partial charge in [0.25, 0.3) is 0 Å². The third-order valence-electron chi connectivity index (χ3n) is 3.01. The van der Waals surface area contributed by atoms with Crippen LogP contribution in [-0.4, -0.2) is 34.9 Å². The minimum atomic E-state index is -1.29. The van der Waals surface area contributed by atoms with Crippen molar-refractivity contribution in [2.75, 3.05) is 13.2 Å². The van der Waals surface area contributed by atoms with Gasteiger partial charge in [-0.3, -0.25) is 4.79 Å². The summed E-state index contributed by atoms with van der Waals surface area (Å²) in [6.07, 6.45) is 3.13. The van der Waals surface area contributed by atoms with E-state index in [1.807, 2.05) is 24.3 Å². The summed E-state index contributed by atoms with van der Waals surface area (Å²) in [5.41, 5.74) is 0.909. The molecular formula is C16H23NO3. The molecule has 3 N–H and O–H groups in total. The Labute approximate surface area is 120 Å². The van der Waals surface area contributed by atoms with Crippen molar-refractivity contribution < 1.29 is 15.0 Å². The van der Waals surface area contributed by atoms with Crippen LogP contribution in [0.3, 0.4) is 0 Å². The molecule has 0 aliphatic rings. The summed E-state index contributed by atoms with van der Waals surface area (Å²) in [5, 5.41) is 21.0. The predicted molar refractivity (Wildman–Crippen MR) is 80.3 cm³/mol. The molecule has 1 atom stereocenters. The Morgan fingerprint density at radius 2 is 1.95 bits per heavy atom. The highest BCUT2D eigenvalue weighted by Crippen LogP contribution is 2.15. The van der Waals surface area contributed by atoms with E-state index in [0.29, 0.717) is 5.92 Å². The molecule has 0 fully saturated rings. The van der Waals surface area contributed by atoms with E-state index in [9.17, 15) is 9.90 Å². The normalized spacial score (nSPS) is 14.5. The highest BCUT2D eigenvalue weighted by atomic mass is 16.3. The van der Waals surface area contributed by atoms with Crippen LogP contribution in [0, 0.1) is 0 Å². The van der Waals surface area contributed by atoms with E-state index in [-0.39, 0.29) is 12.5 Å². The van der Waals surface area contributed by atoms with Gasteiger partial charge in [0.2, 0.25) is 5.91 Å². The summed E-state index contributed by atoms with van der Waals surface area (Å²) in [5.74, 6) is 0.184. The molecule has 0 radical (unpaired) electrons. The van der Waals surface area contributed by atoms with Crippen molar-refractivity contribution in [1.82, 2.24) is 5.32 Å². The van der Waals surface area contributed by atoms with Gasteiger partial charge < -0.3 is 15.5 Å². The van der Waals surface area contributed by atoms with Crippen LogP contribution in [0.25, 0.3) is 6.08 Å². The summed E-state index contributed by atoms with van der Waals surface area (Å²) in [4.78, 5) is 11.6. The third-order valence-corrected chi connectivity index (χ3v) is 3.01. The number of amides is 1. The Hall–Kier alpha value is -1.65. The fraction of sp³-hybridized carbons (Fsp3) is 0.438. The lowest BCUT2D eigenvalue weighted by atomic mass is 10.0. The molecule has 0 spiro atoms. The van der Waals surface area contributed by atoms with E-state index in [0.717, 1.165) is 5.56 Å². The number of rotatable bonds is 6. The van der Waals surface area contributed by atoms with E-state index < -0.39 is 12.2 Å². The Morgan fingerprint density at radius 3 is 2.45 bits per heavy atom. The number of aliphatic hydroxyl groups excluding tert-OH is 1. The summed E-state index contributed by atoms with van der Waals surface area (Å²) < 4.78 is 0. The van der Waals surface area contributed by atoms with Gasteiger partial charge in [0, 0.05) is 12.6 Å². The fourth-order valence-electron chi connectivity index (χ4n) is 1.56. The van der Waals surface area contributed by atoms with E-state index in [4.69, 9.17) is 5.11 Å². The third kappa shape index (κ3) is 5.55. The van der Waals surface area contributed by atoms with Gasteiger partial charge in [-0.15, -0.1) is 0 Å². The number of carbonyl (C=O) groups excluding carboxylic acids is 1. The van der Waals surface area contributed by atoms with E-state index in [2.05, 4.69) is 19.2 Å². The zero-order valence-electron chi connectivity index (χ0n) is 12.3. The second kappa shape index (κ2) is 7.22. The molecule has 0 heterocycles. The SMILES string of the molecule is CC(C)c1ccc(C=CC(=O)NCC(C)(O)CO)cc1. The van der Waals surface area contributed by atoms with Crippen LogP contribution in [0.2, 0.25) is 0 Å². The number of hydrogen-bond acceptors (Lipinski definition) is 3. The molecule has 0 aliphatic carbocycles. The van der Waals surface area contributed by atoms with Gasteiger partial charge in [0.1, 0.15) is 5.60 Å². The molecular weight excluding hydrogens is 254 g/mol. The first-order chi connectivity index (χ1) is 9.34. The molecule has 110 valence electrons. The van der Waals surface area contributed by atoms with Gasteiger partial charge in [0.05, 0.1) is 6.61 Å². The molecule has 20 heavy (non-hydrogen) atoms. The van der Waals surface area contributed by atoms with Crippen molar-refractivity contribution in [2.45, 2.75) is 32.3 Å². The molecule has 0 saturated heterocycles. The first-order valence-corrected chi connectivity index (χ1v) is 6.73. The Morgan fingerprint density at radius 1 is 1.35 bits per heavy atom. The number of nitrogens with one attached hydrogen (secondary N) is 1. The second-order valence-electron chi connectivity index (χ2n) is 5.53. The maximum Gasteiger partial charge on any atom is 0.244 e. The quantitative estimate of drug-likeness (QED) is 0.693. The molecule has 4 heteroatoms. The molecule has 0 aromatic heterocycles. The van der Waals surface area contributed by atoms with Crippen LogP contribution in [0.4, 0.5) is 0 Å². The Balaban J connectivity index is 2.53. The van der Waals surface area contributed by atoms with Gasteiger partial charge in [-0.25, -0.2) is 0 Å².